The van der Waals surface area contributed by atoms with Gasteiger partial charge in [-0.05, 0) is 19.9 Å². The maximum Gasteiger partial charge on any atom is 0.492 e. The summed E-state index contributed by atoms with van der Waals surface area (Å²) in [5.74, 6) is 1.13. The summed E-state index contributed by atoms with van der Waals surface area (Å²) in [6.45, 7) is 3.72. The molecule has 0 saturated heterocycles. The summed E-state index contributed by atoms with van der Waals surface area (Å²) in [6.07, 6.45) is -0.0797. The lowest BCUT2D eigenvalue weighted by atomic mass is 9.79. The van der Waals surface area contributed by atoms with Gasteiger partial charge in [0.2, 0.25) is 5.75 Å². The topological polar surface area (TPSA) is 68.2 Å². The van der Waals surface area contributed by atoms with Crippen molar-refractivity contribution in [3.63, 3.8) is 0 Å². The molecule has 0 aliphatic carbocycles. The van der Waals surface area contributed by atoms with Crippen molar-refractivity contribution in [3.8, 4) is 17.2 Å². The summed E-state index contributed by atoms with van der Waals surface area (Å²) in [5, 5.41) is 18.5. The first kappa shape index (κ1) is 13.7. The average molecular weight is 240 g/mol. The molecule has 0 unspecified atom stereocenters. The van der Waals surface area contributed by atoms with Gasteiger partial charge in [0.1, 0.15) is 0 Å². The van der Waals surface area contributed by atoms with Crippen molar-refractivity contribution in [1.82, 2.24) is 0 Å². The standard InChI is InChI=1S/C11H17BO5/c1-7(2)17-11-9(15-3)6-5-8(12(13)14)10(11)16-4/h5-7,13-14H,1-4H3. The molecule has 0 spiro atoms. The highest BCUT2D eigenvalue weighted by Crippen LogP contribution is 2.36. The van der Waals surface area contributed by atoms with Crippen LogP contribution in [-0.4, -0.2) is 37.5 Å². The molecular formula is C11H17BO5. The van der Waals surface area contributed by atoms with E-state index in [0.29, 0.717) is 11.5 Å². The van der Waals surface area contributed by atoms with E-state index in [0.717, 1.165) is 0 Å². The van der Waals surface area contributed by atoms with E-state index in [-0.39, 0.29) is 17.3 Å². The Balaban J connectivity index is 3.32. The van der Waals surface area contributed by atoms with Gasteiger partial charge in [0, 0.05) is 5.46 Å². The van der Waals surface area contributed by atoms with Crippen molar-refractivity contribution in [2.24, 2.45) is 0 Å². The third kappa shape index (κ3) is 3.05. The van der Waals surface area contributed by atoms with E-state index >= 15 is 0 Å². The summed E-state index contributed by atoms with van der Waals surface area (Å²) in [7, 11) is 1.33. The Labute approximate surface area is 101 Å². The van der Waals surface area contributed by atoms with Crippen molar-refractivity contribution in [2.45, 2.75) is 20.0 Å². The molecule has 1 aromatic rings. The summed E-state index contributed by atoms with van der Waals surface area (Å²) in [5.41, 5.74) is 0.240. The lowest BCUT2D eigenvalue weighted by molar-refractivity contribution is 0.218. The van der Waals surface area contributed by atoms with Crippen LogP contribution in [0.4, 0.5) is 0 Å². The molecule has 1 aromatic carbocycles. The van der Waals surface area contributed by atoms with Gasteiger partial charge in [-0.25, -0.2) is 0 Å². The first-order valence-electron chi connectivity index (χ1n) is 5.29. The van der Waals surface area contributed by atoms with Crippen molar-refractivity contribution in [3.05, 3.63) is 12.1 Å². The van der Waals surface area contributed by atoms with Gasteiger partial charge in [-0.15, -0.1) is 0 Å². The van der Waals surface area contributed by atoms with Crippen molar-refractivity contribution < 1.29 is 24.3 Å². The van der Waals surface area contributed by atoms with Gasteiger partial charge in [-0.1, -0.05) is 6.07 Å². The molecule has 0 heterocycles. The van der Waals surface area contributed by atoms with E-state index < -0.39 is 7.12 Å². The minimum atomic E-state index is -1.62. The van der Waals surface area contributed by atoms with E-state index in [2.05, 4.69) is 0 Å². The molecule has 17 heavy (non-hydrogen) atoms. The Morgan fingerprint density at radius 2 is 1.71 bits per heavy atom. The van der Waals surface area contributed by atoms with Gasteiger partial charge in [-0.3, -0.25) is 0 Å². The van der Waals surface area contributed by atoms with E-state index in [1.165, 1.54) is 20.3 Å². The Morgan fingerprint density at radius 1 is 1.06 bits per heavy atom. The first-order chi connectivity index (χ1) is 8.01. The average Bonchev–Trinajstić information content (AvgIpc) is 2.27. The summed E-state index contributed by atoms with van der Waals surface area (Å²) < 4.78 is 15.9. The van der Waals surface area contributed by atoms with Crippen LogP contribution < -0.4 is 19.7 Å². The van der Waals surface area contributed by atoms with Crippen molar-refractivity contribution in [2.75, 3.05) is 14.2 Å². The lowest BCUT2D eigenvalue weighted by Crippen LogP contribution is -2.31. The van der Waals surface area contributed by atoms with Crippen LogP contribution in [0, 0.1) is 0 Å². The molecule has 0 amide bonds. The van der Waals surface area contributed by atoms with Crippen LogP contribution in [-0.2, 0) is 0 Å². The number of hydrogen-bond acceptors (Lipinski definition) is 5. The number of rotatable bonds is 5. The van der Waals surface area contributed by atoms with E-state index in [1.54, 1.807) is 6.07 Å². The number of ether oxygens (including phenoxy) is 3. The van der Waals surface area contributed by atoms with Crippen LogP contribution in [0.5, 0.6) is 17.2 Å². The predicted octanol–water partition coefficient (Wildman–Crippen LogP) is 0.171. The lowest BCUT2D eigenvalue weighted by Gasteiger charge is -2.19. The van der Waals surface area contributed by atoms with Gasteiger partial charge >= 0.3 is 7.12 Å². The van der Waals surface area contributed by atoms with E-state index in [9.17, 15) is 10.0 Å². The summed E-state index contributed by atoms with van der Waals surface area (Å²) in [4.78, 5) is 0. The molecule has 0 atom stereocenters. The molecule has 2 N–H and O–H groups in total. The Bertz CT molecular complexity index is 378. The van der Waals surface area contributed by atoms with Gasteiger partial charge in [0.05, 0.1) is 20.3 Å². The SMILES string of the molecule is COc1ccc(B(O)O)c(OC)c1OC(C)C. The molecule has 0 radical (unpaired) electrons. The van der Waals surface area contributed by atoms with Crippen molar-refractivity contribution in [1.29, 1.82) is 0 Å². The minimum Gasteiger partial charge on any atom is -0.493 e. The molecule has 6 heteroatoms. The molecule has 0 aliphatic rings. The molecule has 0 aliphatic heterocycles. The zero-order valence-electron chi connectivity index (χ0n) is 10.4. The van der Waals surface area contributed by atoms with Gasteiger partial charge in [-0.2, -0.15) is 0 Å². The highest BCUT2D eigenvalue weighted by atomic mass is 16.5. The first-order valence-corrected chi connectivity index (χ1v) is 5.29. The molecule has 0 fully saturated rings. The van der Waals surface area contributed by atoms with E-state index in [4.69, 9.17) is 14.2 Å². The molecule has 1 rings (SSSR count). The monoisotopic (exact) mass is 240 g/mol. The maximum absolute atomic E-state index is 9.24. The number of methoxy groups -OCH3 is 2. The second-order valence-electron chi connectivity index (χ2n) is 3.76. The molecule has 0 saturated carbocycles. The normalized spacial score (nSPS) is 10.3. The van der Waals surface area contributed by atoms with Crippen LogP contribution in [0.3, 0.4) is 0 Å². The van der Waals surface area contributed by atoms with Crippen LogP contribution in [0.15, 0.2) is 12.1 Å². The fraction of sp³-hybridized carbons (Fsp3) is 0.455. The Morgan fingerprint density at radius 3 is 2.12 bits per heavy atom. The second kappa shape index (κ2) is 5.79. The summed E-state index contributed by atoms with van der Waals surface area (Å²) in [6, 6.07) is 3.13. The van der Waals surface area contributed by atoms with E-state index in [1.807, 2.05) is 13.8 Å². The third-order valence-electron chi connectivity index (χ3n) is 2.16. The second-order valence-corrected chi connectivity index (χ2v) is 3.76. The molecule has 0 bridgehead atoms. The number of benzene rings is 1. The Kier molecular flexibility index (Phi) is 4.66. The smallest absolute Gasteiger partial charge is 0.492 e. The molecule has 0 aromatic heterocycles. The third-order valence-corrected chi connectivity index (χ3v) is 2.16. The fourth-order valence-electron chi connectivity index (χ4n) is 1.48. The van der Waals surface area contributed by atoms with Crippen LogP contribution in [0.25, 0.3) is 0 Å². The number of hydrogen-bond donors (Lipinski definition) is 2. The van der Waals surface area contributed by atoms with Crippen LogP contribution >= 0.6 is 0 Å². The zero-order valence-corrected chi connectivity index (χ0v) is 10.4. The maximum atomic E-state index is 9.24. The predicted molar refractivity (Wildman–Crippen MR) is 65.1 cm³/mol. The van der Waals surface area contributed by atoms with Gasteiger partial charge in [0.15, 0.2) is 11.5 Å². The van der Waals surface area contributed by atoms with Crippen LogP contribution in [0.2, 0.25) is 0 Å². The highest BCUT2D eigenvalue weighted by molar-refractivity contribution is 6.59. The quantitative estimate of drug-likeness (QED) is 0.718. The molecule has 5 nitrogen and oxygen atoms in total. The highest BCUT2D eigenvalue weighted by Gasteiger charge is 2.24. The Hall–Kier alpha value is -1.40. The molecular weight excluding hydrogens is 223 g/mol. The fourth-order valence-corrected chi connectivity index (χ4v) is 1.48. The largest absolute Gasteiger partial charge is 0.493 e. The van der Waals surface area contributed by atoms with Crippen LogP contribution in [0.1, 0.15) is 13.8 Å². The summed E-state index contributed by atoms with van der Waals surface area (Å²) >= 11 is 0. The zero-order chi connectivity index (χ0) is 13.0. The minimum absolute atomic E-state index is 0.0797. The van der Waals surface area contributed by atoms with Gasteiger partial charge in [0.25, 0.3) is 0 Å². The van der Waals surface area contributed by atoms with Crippen molar-refractivity contribution >= 4 is 12.6 Å². The molecule has 94 valence electrons. The van der Waals surface area contributed by atoms with Gasteiger partial charge < -0.3 is 24.3 Å².